The topological polar surface area (TPSA) is 99.1 Å². The van der Waals surface area contributed by atoms with E-state index in [9.17, 15) is 14.7 Å². The van der Waals surface area contributed by atoms with Crippen molar-refractivity contribution >= 4 is 29.8 Å². The fourth-order valence-electron chi connectivity index (χ4n) is 3.82. The number of nitrogens with zero attached hydrogens (tertiary/aromatic N) is 5. The van der Waals surface area contributed by atoms with Gasteiger partial charge in [0.15, 0.2) is 5.16 Å². The first kappa shape index (κ1) is 21.2. The molecule has 0 aliphatic carbocycles. The van der Waals surface area contributed by atoms with Crippen LogP contribution in [0.4, 0.5) is 15.4 Å². The average Bonchev–Trinajstić information content (AvgIpc) is 2.82. The Morgan fingerprint density at radius 2 is 1.81 bits per heavy atom. The average molecular weight is 444 g/mol. The first-order valence-electron chi connectivity index (χ1n) is 10.2. The van der Waals surface area contributed by atoms with Crippen molar-refractivity contribution in [1.82, 2.24) is 19.8 Å². The molecule has 9 nitrogen and oxygen atoms in total. The largest absolute Gasteiger partial charge is 0.465 e. The Labute approximate surface area is 185 Å². The molecule has 1 N–H and O–H groups in total. The molecule has 0 bridgehead atoms. The highest BCUT2D eigenvalue weighted by Crippen LogP contribution is 2.29. The molecule has 164 valence electrons. The zero-order valence-electron chi connectivity index (χ0n) is 17.4. The molecule has 1 saturated heterocycles. The number of rotatable bonds is 4. The van der Waals surface area contributed by atoms with E-state index in [0.717, 1.165) is 22.6 Å². The summed E-state index contributed by atoms with van der Waals surface area (Å²) in [5.74, 6) is 0.858. The Bertz CT molecular complexity index is 950. The number of piperazine rings is 1. The molecule has 10 heteroatoms. The number of thioether (sulfide) groups is 1. The van der Waals surface area contributed by atoms with E-state index in [-0.39, 0.29) is 19.2 Å². The summed E-state index contributed by atoms with van der Waals surface area (Å²) in [6, 6.07) is 9.63. The molecule has 2 aromatic rings. The van der Waals surface area contributed by atoms with Gasteiger partial charge in [-0.2, -0.15) is 0 Å². The molecule has 1 aromatic carbocycles. The van der Waals surface area contributed by atoms with E-state index in [4.69, 9.17) is 9.72 Å². The van der Waals surface area contributed by atoms with Gasteiger partial charge in [0.25, 0.3) is 0 Å². The Morgan fingerprint density at radius 1 is 1.06 bits per heavy atom. The molecule has 0 unspecified atom stereocenters. The fourth-order valence-corrected chi connectivity index (χ4v) is 4.20. The van der Waals surface area contributed by atoms with E-state index in [2.05, 4.69) is 9.88 Å². The van der Waals surface area contributed by atoms with Crippen LogP contribution in [0.5, 0.6) is 0 Å². The summed E-state index contributed by atoms with van der Waals surface area (Å²) in [6.07, 6.45) is 1.25. The van der Waals surface area contributed by atoms with E-state index in [1.165, 1.54) is 16.7 Å². The summed E-state index contributed by atoms with van der Waals surface area (Å²) in [5.41, 5.74) is 2.74. The molecule has 1 aromatic heterocycles. The summed E-state index contributed by atoms with van der Waals surface area (Å²) in [5, 5.41) is 9.95. The normalized spacial score (nSPS) is 16.1. The number of fused-ring (bicyclic) bond motifs is 1. The maximum Gasteiger partial charge on any atom is 0.410 e. The number of anilines is 1. The van der Waals surface area contributed by atoms with Crippen LogP contribution in [0.15, 0.2) is 35.5 Å². The van der Waals surface area contributed by atoms with E-state index >= 15 is 0 Å². The summed E-state index contributed by atoms with van der Waals surface area (Å²) in [7, 11) is 0. The van der Waals surface area contributed by atoms with Gasteiger partial charge in [-0.15, -0.1) is 0 Å². The quantitative estimate of drug-likeness (QED) is 0.569. The predicted octanol–water partition coefficient (Wildman–Crippen LogP) is 2.69. The standard InChI is InChI=1S/C21H25N5O4S/c1-31-19-22-17-13-26(20(27)28)8-7-16(17)18(23-19)24-9-11-25(12-10-24)21(29)30-14-15-5-3-2-4-6-15/h2-6H,7-14H2,1H3,(H,27,28). The van der Waals surface area contributed by atoms with Crippen LogP contribution in [0.25, 0.3) is 0 Å². The minimum absolute atomic E-state index is 0.260. The Kier molecular flexibility index (Phi) is 6.45. The molecule has 4 rings (SSSR count). The van der Waals surface area contributed by atoms with Crippen LogP contribution in [0.3, 0.4) is 0 Å². The maximum absolute atomic E-state index is 12.4. The van der Waals surface area contributed by atoms with E-state index < -0.39 is 6.09 Å². The SMILES string of the molecule is CSc1nc2c(c(N3CCN(C(=O)OCc4ccccc4)CC3)n1)CCN(C(=O)O)C2. The van der Waals surface area contributed by atoms with Gasteiger partial charge in [0.1, 0.15) is 12.4 Å². The van der Waals surface area contributed by atoms with Gasteiger partial charge in [-0.1, -0.05) is 42.1 Å². The number of benzene rings is 1. The molecule has 0 saturated carbocycles. The van der Waals surface area contributed by atoms with Gasteiger partial charge in [0, 0.05) is 38.3 Å². The molecule has 3 heterocycles. The Hall–Kier alpha value is -3.01. The van der Waals surface area contributed by atoms with Gasteiger partial charge in [-0.25, -0.2) is 19.6 Å². The Morgan fingerprint density at radius 3 is 2.48 bits per heavy atom. The molecule has 2 aliphatic rings. The molecule has 2 amide bonds. The molecule has 0 spiro atoms. The number of carbonyl (C=O) groups excluding carboxylic acids is 1. The van der Waals surface area contributed by atoms with Crippen molar-refractivity contribution in [1.29, 1.82) is 0 Å². The van der Waals surface area contributed by atoms with Gasteiger partial charge in [-0.3, -0.25) is 0 Å². The minimum Gasteiger partial charge on any atom is -0.465 e. The number of aromatic nitrogens is 2. The summed E-state index contributed by atoms with van der Waals surface area (Å²) in [4.78, 5) is 38.3. The third kappa shape index (κ3) is 4.84. The van der Waals surface area contributed by atoms with Crippen molar-refractivity contribution in [2.24, 2.45) is 0 Å². The zero-order chi connectivity index (χ0) is 21.8. The predicted molar refractivity (Wildman–Crippen MR) is 116 cm³/mol. The highest BCUT2D eigenvalue weighted by molar-refractivity contribution is 7.98. The lowest BCUT2D eigenvalue weighted by molar-refractivity contribution is 0.0941. The van der Waals surface area contributed by atoms with Crippen molar-refractivity contribution in [2.75, 3.05) is 43.9 Å². The molecule has 31 heavy (non-hydrogen) atoms. The fraction of sp³-hybridized carbons (Fsp3) is 0.429. The van der Waals surface area contributed by atoms with Crippen LogP contribution in [-0.2, 0) is 24.3 Å². The number of carbonyl (C=O) groups is 2. The van der Waals surface area contributed by atoms with Gasteiger partial charge in [-0.05, 0) is 18.2 Å². The third-order valence-electron chi connectivity index (χ3n) is 5.52. The highest BCUT2D eigenvalue weighted by atomic mass is 32.2. The number of amides is 2. The first-order chi connectivity index (χ1) is 15.0. The van der Waals surface area contributed by atoms with Crippen molar-refractivity contribution in [3.63, 3.8) is 0 Å². The lowest BCUT2D eigenvalue weighted by atomic mass is 10.1. The highest BCUT2D eigenvalue weighted by Gasteiger charge is 2.29. The number of hydrogen-bond acceptors (Lipinski definition) is 7. The van der Waals surface area contributed by atoms with Crippen molar-refractivity contribution in [2.45, 2.75) is 24.7 Å². The monoisotopic (exact) mass is 443 g/mol. The summed E-state index contributed by atoms with van der Waals surface area (Å²) >= 11 is 1.44. The van der Waals surface area contributed by atoms with Crippen LogP contribution in [-0.4, -0.2) is 76.0 Å². The summed E-state index contributed by atoms with van der Waals surface area (Å²) in [6.45, 7) is 3.34. The maximum atomic E-state index is 12.4. The second-order valence-corrected chi connectivity index (χ2v) is 8.20. The smallest absolute Gasteiger partial charge is 0.410 e. The van der Waals surface area contributed by atoms with Gasteiger partial charge < -0.3 is 24.5 Å². The van der Waals surface area contributed by atoms with E-state index in [0.29, 0.717) is 44.3 Å². The Balaban J connectivity index is 1.41. The second-order valence-electron chi connectivity index (χ2n) is 7.43. The molecule has 0 atom stereocenters. The van der Waals surface area contributed by atoms with Gasteiger partial charge >= 0.3 is 12.2 Å². The van der Waals surface area contributed by atoms with Crippen LogP contribution in [0, 0.1) is 0 Å². The minimum atomic E-state index is -0.931. The molecule has 1 fully saturated rings. The third-order valence-corrected chi connectivity index (χ3v) is 6.07. The number of hydrogen-bond donors (Lipinski definition) is 1. The number of ether oxygens (including phenoxy) is 1. The number of carboxylic acid groups (broad SMARTS) is 1. The van der Waals surface area contributed by atoms with Crippen LogP contribution in [0.1, 0.15) is 16.8 Å². The lowest BCUT2D eigenvalue weighted by Gasteiger charge is -2.37. The zero-order valence-corrected chi connectivity index (χ0v) is 18.2. The molecular weight excluding hydrogens is 418 g/mol. The van der Waals surface area contributed by atoms with E-state index in [1.54, 1.807) is 4.90 Å². The van der Waals surface area contributed by atoms with Crippen LogP contribution < -0.4 is 4.90 Å². The lowest BCUT2D eigenvalue weighted by Crippen LogP contribution is -2.49. The molecule has 0 radical (unpaired) electrons. The van der Waals surface area contributed by atoms with Crippen LogP contribution >= 0.6 is 11.8 Å². The van der Waals surface area contributed by atoms with Gasteiger partial charge in [0.2, 0.25) is 0 Å². The van der Waals surface area contributed by atoms with Crippen molar-refractivity contribution in [3.05, 3.63) is 47.2 Å². The van der Waals surface area contributed by atoms with Crippen molar-refractivity contribution < 1.29 is 19.4 Å². The van der Waals surface area contributed by atoms with Crippen molar-refractivity contribution in [3.8, 4) is 0 Å². The van der Waals surface area contributed by atoms with Crippen LogP contribution in [0.2, 0.25) is 0 Å². The molecule has 2 aliphatic heterocycles. The first-order valence-corrected chi connectivity index (χ1v) is 11.4. The summed E-state index contributed by atoms with van der Waals surface area (Å²) < 4.78 is 5.45. The molecular formula is C21H25N5O4S. The second kappa shape index (κ2) is 9.42. The van der Waals surface area contributed by atoms with Gasteiger partial charge in [0.05, 0.1) is 12.2 Å². The van der Waals surface area contributed by atoms with E-state index in [1.807, 2.05) is 36.6 Å².